The first kappa shape index (κ1) is 22.0. The lowest BCUT2D eigenvalue weighted by atomic mass is 10.1. The second kappa shape index (κ2) is 9.19. The number of rotatable bonds is 6. The van der Waals surface area contributed by atoms with Crippen LogP contribution in [0.4, 0.5) is 11.4 Å². The zero-order chi connectivity index (χ0) is 23.7. The number of fused-ring (bicyclic) bond motifs is 1. The number of halogens is 1. The Kier molecular flexibility index (Phi) is 5.94. The van der Waals surface area contributed by atoms with Crippen LogP contribution in [0.15, 0.2) is 67.0 Å². The van der Waals surface area contributed by atoms with Gasteiger partial charge in [0, 0.05) is 31.0 Å². The van der Waals surface area contributed by atoms with E-state index in [1.807, 2.05) is 41.9 Å². The third-order valence-corrected chi connectivity index (χ3v) is 6.15. The van der Waals surface area contributed by atoms with Gasteiger partial charge in [0.1, 0.15) is 18.0 Å². The molecule has 1 fully saturated rings. The highest BCUT2D eigenvalue weighted by Gasteiger charge is 2.23. The van der Waals surface area contributed by atoms with Crippen LogP contribution in [0.25, 0.3) is 5.65 Å². The number of anilines is 2. The summed E-state index contributed by atoms with van der Waals surface area (Å²) in [6.07, 6.45) is 5.20. The molecule has 3 heterocycles. The Morgan fingerprint density at radius 2 is 2.03 bits per heavy atom. The van der Waals surface area contributed by atoms with E-state index in [9.17, 15) is 9.59 Å². The fraction of sp³-hybridized carbons (Fsp3) is 0.192. The molecule has 0 spiro atoms. The molecule has 0 saturated carbocycles. The molecule has 1 aliphatic rings. The molecule has 4 aromatic rings. The van der Waals surface area contributed by atoms with E-state index in [-0.39, 0.29) is 18.4 Å². The first-order valence-electron chi connectivity index (χ1n) is 11.1. The molecular formula is C26H23ClN4O3. The van der Waals surface area contributed by atoms with Crippen LogP contribution >= 0.6 is 11.6 Å². The van der Waals surface area contributed by atoms with E-state index in [4.69, 9.17) is 16.3 Å². The van der Waals surface area contributed by atoms with Gasteiger partial charge in [-0.2, -0.15) is 0 Å². The van der Waals surface area contributed by atoms with E-state index in [0.29, 0.717) is 40.7 Å². The molecule has 8 heteroatoms. The molecule has 34 heavy (non-hydrogen) atoms. The van der Waals surface area contributed by atoms with Crippen molar-refractivity contribution in [2.75, 3.05) is 16.8 Å². The predicted octanol–water partition coefficient (Wildman–Crippen LogP) is 5.25. The quantitative estimate of drug-likeness (QED) is 0.414. The largest absolute Gasteiger partial charge is 0.486 e. The average molecular weight is 475 g/mol. The van der Waals surface area contributed by atoms with Gasteiger partial charge in [-0.05, 0) is 55.3 Å². The van der Waals surface area contributed by atoms with Crippen LogP contribution in [0.3, 0.4) is 0 Å². The Hall–Kier alpha value is -3.84. The molecule has 1 aliphatic heterocycles. The number of pyridine rings is 1. The molecule has 0 atom stereocenters. The zero-order valence-corrected chi connectivity index (χ0v) is 19.4. The Balaban J connectivity index is 1.34. The molecule has 1 N–H and O–H groups in total. The van der Waals surface area contributed by atoms with E-state index in [1.54, 1.807) is 41.3 Å². The number of aryl methyl sites for hydroxylation is 1. The highest BCUT2D eigenvalue weighted by atomic mass is 35.5. The van der Waals surface area contributed by atoms with Crippen LogP contribution in [0.1, 0.15) is 34.5 Å². The molecule has 2 aromatic carbocycles. The lowest BCUT2D eigenvalue weighted by molar-refractivity contribution is -0.117. The third-order valence-electron chi connectivity index (χ3n) is 5.82. The lowest BCUT2D eigenvalue weighted by Gasteiger charge is -2.18. The Morgan fingerprint density at radius 3 is 2.82 bits per heavy atom. The minimum atomic E-state index is -0.353. The second-order valence-corrected chi connectivity index (χ2v) is 8.61. The highest BCUT2D eigenvalue weighted by molar-refractivity contribution is 6.34. The monoisotopic (exact) mass is 474 g/mol. The zero-order valence-electron chi connectivity index (χ0n) is 18.6. The second-order valence-electron chi connectivity index (χ2n) is 8.21. The number of aromatic nitrogens is 2. The first-order valence-corrected chi connectivity index (χ1v) is 11.4. The van der Waals surface area contributed by atoms with Gasteiger partial charge in [0.05, 0.1) is 22.0 Å². The van der Waals surface area contributed by atoms with Gasteiger partial charge >= 0.3 is 0 Å². The summed E-state index contributed by atoms with van der Waals surface area (Å²) in [6, 6.07) is 16.2. The fourth-order valence-electron chi connectivity index (χ4n) is 4.09. The van der Waals surface area contributed by atoms with Crippen LogP contribution in [0.5, 0.6) is 5.75 Å². The number of nitrogens with one attached hydrogen (secondary N) is 1. The third kappa shape index (κ3) is 4.34. The summed E-state index contributed by atoms with van der Waals surface area (Å²) < 4.78 is 7.93. The Bertz CT molecular complexity index is 1400. The molecule has 5 rings (SSSR count). The molecule has 172 valence electrons. The number of carbonyl (C=O) groups is 2. The number of amides is 2. The van der Waals surface area contributed by atoms with Crippen molar-refractivity contribution in [1.29, 1.82) is 0 Å². The number of para-hydroxylation sites is 1. The average Bonchev–Trinajstić information content (AvgIpc) is 3.46. The smallest absolute Gasteiger partial charge is 0.259 e. The topological polar surface area (TPSA) is 75.9 Å². The van der Waals surface area contributed by atoms with Crippen molar-refractivity contribution in [2.24, 2.45) is 0 Å². The fourth-order valence-corrected chi connectivity index (χ4v) is 4.26. The van der Waals surface area contributed by atoms with Crippen molar-refractivity contribution < 1.29 is 14.3 Å². The van der Waals surface area contributed by atoms with Crippen LogP contribution in [-0.4, -0.2) is 27.7 Å². The number of imidazole rings is 1. The van der Waals surface area contributed by atoms with E-state index in [2.05, 4.69) is 10.3 Å². The summed E-state index contributed by atoms with van der Waals surface area (Å²) in [5, 5.41) is 3.26. The summed E-state index contributed by atoms with van der Waals surface area (Å²) in [5.41, 5.74) is 4.24. The lowest BCUT2D eigenvalue weighted by Crippen LogP contribution is -2.24. The van der Waals surface area contributed by atoms with Gasteiger partial charge < -0.3 is 19.4 Å². The van der Waals surface area contributed by atoms with Gasteiger partial charge in [0.2, 0.25) is 5.91 Å². The maximum Gasteiger partial charge on any atom is 0.259 e. The van der Waals surface area contributed by atoms with E-state index >= 15 is 0 Å². The van der Waals surface area contributed by atoms with E-state index in [1.165, 1.54) is 0 Å². The van der Waals surface area contributed by atoms with Gasteiger partial charge in [-0.15, -0.1) is 0 Å². The van der Waals surface area contributed by atoms with Crippen molar-refractivity contribution in [3.8, 4) is 5.75 Å². The number of carbonyl (C=O) groups excluding carboxylic acids is 2. The van der Waals surface area contributed by atoms with E-state index in [0.717, 1.165) is 23.3 Å². The summed E-state index contributed by atoms with van der Waals surface area (Å²) in [7, 11) is 0. The number of hydrogen-bond acceptors (Lipinski definition) is 4. The summed E-state index contributed by atoms with van der Waals surface area (Å²) >= 11 is 6.34. The molecule has 7 nitrogen and oxygen atoms in total. The number of nitrogens with zero attached hydrogens (tertiary/aromatic N) is 3. The Labute approximate surface area is 201 Å². The van der Waals surface area contributed by atoms with Gasteiger partial charge in [0.15, 0.2) is 0 Å². The summed E-state index contributed by atoms with van der Waals surface area (Å²) in [4.78, 5) is 31.6. The minimum Gasteiger partial charge on any atom is -0.486 e. The molecular weight excluding hydrogens is 452 g/mol. The first-order chi connectivity index (χ1) is 16.5. The van der Waals surface area contributed by atoms with Gasteiger partial charge in [-0.3, -0.25) is 9.59 Å². The maximum absolute atomic E-state index is 13.1. The summed E-state index contributed by atoms with van der Waals surface area (Å²) in [6.45, 7) is 2.89. The molecule has 1 saturated heterocycles. The highest BCUT2D eigenvalue weighted by Crippen LogP contribution is 2.31. The molecule has 0 aliphatic carbocycles. The standard InChI is InChI=1S/C26H23ClN4O3/c1-17-6-4-12-30-15-18(28-25(17)30)16-34-23-8-3-2-7-20(23)26(33)29-22-14-19(10-11-21(22)27)31-13-5-9-24(31)32/h2-4,6-8,10-12,14-15H,5,9,13,16H2,1H3,(H,29,33). The van der Waals surface area contributed by atoms with Crippen LogP contribution in [-0.2, 0) is 11.4 Å². The molecule has 2 amide bonds. The van der Waals surface area contributed by atoms with Gasteiger partial charge in [-0.1, -0.05) is 29.8 Å². The number of benzene rings is 2. The molecule has 0 radical (unpaired) electrons. The molecule has 0 bridgehead atoms. The van der Waals surface area contributed by atoms with Crippen LogP contribution < -0.4 is 15.0 Å². The van der Waals surface area contributed by atoms with Gasteiger partial charge in [-0.25, -0.2) is 4.98 Å². The van der Waals surface area contributed by atoms with Gasteiger partial charge in [0.25, 0.3) is 5.91 Å². The van der Waals surface area contributed by atoms with Crippen molar-refractivity contribution in [1.82, 2.24) is 9.38 Å². The predicted molar refractivity (Wildman–Crippen MR) is 132 cm³/mol. The van der Waals surface area contributed by atoms with Crippen molar-refractivity contribution in [3.63, 3.8) is 0 Å². The normalized spacial score (nSPS) is 13.5. The minimum absolute atomic E-state index is 0.0699. The Morgan fingerprint density at radius 1 is 1.18 bits per heavy atom. The van der Waals surface area contributed by atoms with Crippen molar-refractivity contribution >= 4 is 40.4 Å². The molecule has 2 aromatic heterocycles. The van der Waals surface area contributed by atoms with Crippen molar-refractivity contribution in [2.45, 2.75) is 26.4 Å². The maximum atomic E-state index is 13.1. The van der Waals surface area contributed by atoms with Crippen molar-refractivity contribution in [3.05, 3.63) is 88.8 Å². The SMILES string of the molecule is Cc1cccn2cc(COc3ccccc3C(=O)Nc3cc(N4CCCC4=O)ccc3Cl)nc12. The van der Waals surface area contributed by atoms with E-state index < -0.39 is 0 Å². The van der Waals surface area contributed by atoms with Crippen LogP contribution in [0, 0.1) is 6.92 Å². The molecule has 0 unspecified atom stereocenters. The number of hydrogen-bond donors (Lipinski definition) is 1. The van der Waals surface area contributed by atoms with Crippen LogP contribution in [0.2, 0.25) is 5.02 Å². The number of ether oxygens (including phenoxy) is 1. The summed E-state index contributed by atoms with van der Waals surface area (Å²) in [5.74, 6) is 0.157.